The summed E-state index contributed by atoms with van der Waals surface area (Å²) in [5.74, 6) is -2.84. The average Bonchev–Trinajstić information content (AvgIpc) is 2.65. The molecule has 3 nitrogen and oxygen atoms in total. The van der Waals surface area contributed by atoms with Crippen LogP contribution in [-0.2, 0) is 0 Å². The maximum Gasteiger partial charge on any atom is 0.258 e. The molecule has 0 aliphatic carbocycles. The second kappa shape index (κ2) is 7.45. The molecular weight excluding hydrogens is 360 g/mol. The zero-order valence-electron chi connectivity index (χ0n) is 13.3. The Morgan fingerprint density at radius 2 is 1.58 bits per heavy atom. The van der Waals surface area contributed by atoms with E-state index in [2.05, 4.69) is 5.32 Å². The third-order valence-electron chi connectivity index (χ3n) is 3.68. The maximum atomic E-state index is 13.8. The molecule has 3 aromatic rings. The number of rotatable bonds is 4. The molecule has 130 valence electrons. The molecule has 0 aromatic heterocycles. The molecule has 0 saturated heterocycles. The van der Waals surface area contributed by atoms with Crippen molar-refractivity contribution < 1.29 is 18.4 Å². The molecule has 1 N–H and O–H groups in total. The fraction of sp³-hybridized carbons (Fsp3) is 0. The van der Waals surface area contributed by atoms with Crippen molar-refractivity contribution in [2.45, 2.75) is 0 Å². The lowest BCUT2D eigenvalue weighted by atomic mass is 10.0. The highest BCUT2D eigenvalue weighted by Gasteiger charge is 2.18. The van der Waals surface area contributed by atoms with Crippen LogP contribution < -0.4 is 5.32 Å². The standard InChI is InChI=1S/C20H12ClF2NO2/c21-13-6-9-18(16(10-13)19(25)12-4-2-1-3-5-12)24-20(26)15-11-14(22)7-8-17(15)23/h1-11H,(H,24,26). The van der Waals surface area contributed by atoms with E-state index < -0.39 is 23.1 Å². The number of carbonyl (C=O) groups is 2. The molecule has 0 spiro atoms. The highest BCUT2D eigenvalue weighted by Crippen LogP contribution is 2.24. The van der Waals surface area contributed by atoms with Gasteiger partial charge in [0.15, 0.2) is 5.78 Å². The van der Waals surface area contributed by atoms with Gasteiger partial charge in [0, 0.05) is 16.1 Å². The number of carbonyl (C=O) groups excluding carboxylic acids is 2. The average molecular weight is 372 g/mol. The summed E-state index contributed by atoms with van der Waals surface area (Å²) in [6.45, 7) is 0. The highest BCUT2D eigenvalue weighted by atomic mass is 35.5. The van der Waals surface area contributed by atoms with Crippen molar-refractivity contribution in [2.24, 2.45) is 0 Å². The van der Waals surface area contributed by atoms with Crippen molar-refractivity contribution in [1.82, 2.24) is 0 Å². The Morgan fingerprint density at radius 3 is 2.31 bits per heavy atom. The van der Waals surface area contributed by atoms with E-state index in [9.17, 15) is 18.4 Å². The second-order valence-corrected chi connectivity index (χ2v) is 5.90. The maximum absolute atomic E-state index is 13.8. The topological polar surface area (TPSA) is 46.2 Å². The summed E-state index contributed by atoms with van der Waals surface area (Å²) < 4.78 is 27.1. The molecule has 0 atom stereocenters. The van der Waals surface area contributed by atoms with Crippen molar-refractivity contribution in [2.75, 3.05) is 5.32 Å². The first kappa shape index (κ1) is 17.8. The van der Waals surface area contributed by atoms with Crippen LogP contribution in [0.4, 0.5) is 14.5 Å². The molecular formula is C20H12ClF2NO2. The first-order chi connectivity index (χ1) is 12.5. The summed E-state index contributed by atoms with van der Waals surface area (Å²) in [5, 5.41) is 2.75. The molecule has 3 rings (SSSR count). The van der Waals surface area contributed by atoms with Crippen LogP contribution in [0, 0.1) is 11.6 Å². The van der Waals surface area contributed by atoms with Crippen molar-refractivity contribution in [3.63, 3.8) is 0 Å². The minimum atomic E-state index is -0.869. The second-order valence-electron chi connectivity index (χ2n) is 5.46. The molecule has 0 bridgehead atoms. The normalized spacial score (nSPS) is 10.4. The van der Waals surface area contributed by atoms with Crippen LogP contribution in [0.1, 0.15) is 26.3 Å². The predicted molar refractivity (Wildman–Crippen MR) is 95.6 cm³/mol. The van der Waals surface area contributed by atoms with Gasteiger partial charge in [-0.3, -0.25) is 9.59 Å². The van der Waals surface area contributed by atoms with Gasteiger partial charge in [0.1, 0.15) is 11.6 Å². The van der Waals surface area contributed by atoms with Crippen LogP contribution in [0.15, 0.2) is 66.7 Å². The Bertz CT molecular complexity index is 990. The smallest absolute Gasteiger partial charge is 0.258 e. The van der Waals surface area contributed by atoms with Gasteiger partial charge < -0.3 is 5.32 Å². The Labute approximate surface area is 153 Å². The number of hydrogen-bond acceptors (Lipinski definition) is 2. The van der Waals surface area contributed by atoms with Gasteiger partial charge in [-0.05, 0) is 36.4 Å². The van der Waals surface area contributed by atoms with Gasteiger partial charge in [-0.1, -0.05) is 41.9 Å². The van der Waals surface area contributed by atoms with Crippen molar-refractivity contribution in [1.29, 1.82) is 0 Å². The first-order valence-electron chi connectivity index (χ1n) is 7.61. The quantitative estimate of drug-likeness (QED) is 0.648. The van der Waals surface area contributed by atoms with Crippen LogP contribution in [0.2, 0.25) is 5.02 Å². The lowest BCUT2D eigenvalue weighted by Crippen LogP contribution is -2.17. The van der Waals surface area contributed by atoms with Gasteiger partial charge >= 0.3 is 0 Å². The Hall–Kier alpha value is -3.05. The van der Waals surface area contributed by atoms with E-state index in [1.165, 1.54) is 18.2 Å². The zero-order chi connectivity index (χ0) is 18.7. The SMILES string of the molecule is O=C(Nc1ccc(Cl)cc1C(=O)c1ccccc1)c1cc(F)ccc1F. The van der Waals surface area contributed by atoms with Gasteiger partial charge in [0.2, 0.25) is 0 Å². The van der Waals surface area contributed by atoms with Gasteiger partial charge in [0.05, 0.1) is 11.3 Å². The molecule has 0 heterocycles. The lowest BCUT2D eigenvalue weighted by Gasteiger charge is -2.12. The van der Waals surface area contributed by atoms with Gasteiger partial charge in [0.25, 0.3) is 5.91 Å². The summed E-state index contributed by atoms with van der Waals surface area (Å²) in [5.41, 5.74) is 0.242. The van der Waals surface area contributed by atoms with Crippen LogP contribution in [-0.4, -0.2) is 11.7 Å². The van der Waals surface area contributed by atoms with Crippen LogP contribution in [0.25, 0.3) is 0 Å². The molecule has 26 heavy (non-hydrogen) atoms. The molecule has 6 heteroatoms. The molecule has 1 amide bonds. The van der Waals surface area contributed by atoms with E-state index in [0.29, 0.717) is 10.6 Å². The van der Waals surface area contributed by atoms with E-state index in [4.69, 9.17) is 11.6 Å². The minimum absolute atomic E-state index is 0.147. The summed E-state index contributed by atoms with van der Waals surface area (Å²) in [6.07, 6.45) is 0. The number of hydrogen-bond donors (Lipinski definition) is 1. The van der Waals surface area contributed by atoms with Gasteiger partial charge in [-0.15, -0.1) is 0 Å². The van der Waals surface area contributed by atoms with Crippen LogP contribution in [0.5, 0.6) is 0 Å². The third kappa shape index (κ3) is 3.78. The molecule has 0 fully saturated rings. The Kier molecular flexibility index (Phi) is 5.09. The number of nitrogens with one attached hydrogen (secondary N) is 1. The monoisotopic (exact) mass is 371 g/mol. The van der Waals surface area contributed by atoms with E-state index in [1.54, 1.807) is 30.3 Å². The van der Waals surface area contributed by atoms with E-state index in [-0.39, 0.29) is 17.0 Å². The summed E-state index contributed by atoms with van der Waals surface area (Å²) in [6, 6.07) is 15.3. The highest BCUT2D eigenvalue weighted by molar-refractivity contribution is 6.31. The van der Waals surface area contributed by atoms with E-state index in [0.717, 1.165) is 18.2 Å². The van der Waals surface area contributed by atoms with Crippen molar-refractivity contribution in [3.8, 4) is 0 Å². The Morgan fingerprint density at radius 1 is 0.846 bits per heavy atom. The van der Waals surface area contributed by atoms with Crippen LogP contribution in [0.3, 0.4) is 0 Å². The zero-order valence-corrected chi connectivity index (χ0v) is 14.1. The number of anilines is 1. The fourth-order valence-corrected chi connectivity index (χ4v) is 2.59. The predicted octanol–water partition coefficient (Wildman–Crippen LogP) is 5.10. The summed E-state index contributed by atoms with van der Waals surface area (Å²) in [4.78, 5) is 25.0. The molecule has 0 saturated carbocycles. The lowest BCUT2D eigenvalue weighted by molar-refractivity contribution is 0.102. The van der Waals surface area contributed by atoms with E-state index in [1.807, 2.05) is 0 Å². The Balaban J connectivity index is 1.97. The summed E-state index contributed by atoms with van der Waals surface area (Å²) >= 11 is 5.97. The van der Waals surface area contributed by atoms with Gasteiger partial charge in [-0.2, -0.15) is 0 Å². The molecule has 0 unspecified atom stereocenters. The number of benzene rings is 3. The summed E-state index contributed by atoms with van der Waals surface area (Å²) in [7, 11) is 0. The van der Waals surface area contributed by atoms with Crippen molar-refractivity contribution >= 4 is 29.0 Å². The van der Waals surface area contributed by atoms with E-state index >= 15 is 0 Å². The largest absolute Gasteiger partial charge is 0.321 e. The number of halogens is 3. The molecule has 0 radical (unpaired) electrons. The van der Waals surface area contributed by atoms with Crippen molar-refractivity contribution in [3.05, 3.63) is 100 Å². The molecule has 0 aliphatic rings. The minimum Gasteiger partial charge on any atom is -0.321 e. The molecule has 3 aromatic carbocycles. The van der Waals surface area contributed by atoms with Gasteiger partial charge in [-0.25, -0.2) is 8.78 Å². The number of ketones is 1. The van der Waals surface area contributed by atoms with Crippen LogP contribution >= 0.6 is 11.6 Å². The number of amides is 1. The molecule has 0 aliphatic heterocycles. The first-order valence-corrected chi connectivity index (χ1v) is 7.99. The fourth-order valence-electron chi connectivity index (χ4n) is 2.42. The third-order valence-corrected chi connectivity index (χ3v) is 3.92.